The molecule has 18 heavy (non-hydrogen) atoms. The van der Waals surface area contributed by atoms with E-state index in [1.807, 2.05) is 30.3 Å². The molecule has 3 N–H and O–H groups in total. The normalized spacial score (nSPS) is 11.3. The average molecular weight is 258 g/mol. The van der Waals surface area contributed by atoms with Gasteiger partial charge in [-0.25, -0.2) is 8.78 Å². The molecule has 6 heteroatoms. The molecule has 0 aliphatic rings. The van der Waals surface area contributed by atoms with Gasteiger partial charge in [0.1, 0.15) is 6.61 Å². The van der Waals surface area contributed by atoms with Crippen LogP contribution in [0.3, 0.4) is 0 Å². The standard InChI is InChI=1S/C12H16F2N2O2/c13-12(14,9-17)8-15-7-11(18)16-6-10-4-2-1-3-5-10/h1-5,15,17H,6-9H2,(H,16,18). The second-order valence-corrected chi connectivity index (χ2v) is 3.88. The molecule has 0 heterocycles. The third kappa shape index (κ3) is 5.70. The van der Waals surface area contributed by atoms with Crippen LogP contribution < -0.4 is 10.6 Å². The molecular formula is C12H16F2N2O2. The SMILES string of the molecule is O=C(CNCC(F)(F)CO)NCc1ccccc1. The minimum absolute atomic E-state index is 0.206. The highest BCUT2D eigenvalue weighted by Crippen LogP contribution is 2.09. The molecule has 0 aliphatic carbocycles. The first-order valence-electron chi connectivity index (χ1n) is 5.53. The first-order valence-corrected chi connectivity index (χ1v) is 5.53. The van der Waals surface area contributed by atoms with Gasteiger partial charge in [0.2, 0.25) is 5.91 Å². The molecule has 4 nitrogen and oxygen atoms in total. The number of amides is 1. The van der Waals surface area contributed by atoms with Crippen molar-refractivity contribution in [1.29, 1.82) is 0 Å². The molecule has 1 aromatic carbocycles. The van der Waals surface area contributed by atoms with Crippen molar-refractivity contribution in [1.82, 2.24) is 10.6 Å². The molecule has 1 aromatic rings. The Morgan fingerprint density at radius 1 is 1.28 bits per heavy atom. The van der Waals surface area contributed by atoms with Gasteiger partial charge in [0.05, 0.1) is 13.1 Å². The van der Waals surface area contributed by atoms with Gasteiger partial charge in [0.25, 0.3) is 5.92 Å². The maximum atomic E-state index is 12.6. The first-order chi connectivity index (χ1) is 8.53. The predicted molar refractivity (Wildman–Crippen MR) is 63.2 cm³/mol. The Kier molecular flexibility index (Phi) is 5.67. The molecule has 0 fully saturated rings. The number of aliphatic hydroxyl groups is 1. The van der Waals surface area contributed by atoms with E-state index in [1.165, 1.54) is 0 Å². The van der Waals surface area contributed by atoms with Crippen molar-refractivity contribution < 1.29 is 18.7 Å². The lowest BCUT2D eigenvalue weighted by Gasteiger charge is -2.13. The molecule has 0 spiro atoms. The summed E-state index contributed by atoms with van der Waals surface area (Å²) in [6.07, 6.45) is 0. The van der Waals surface area contributed by atoms with E-state index < -0.39 is 19.1 Å². The Hall–Kier alpha value is -1.53. The molecule has 0 aliphatic heterocycles. The number of aliphatic hydroxyl groups excluding tert-OH is 1. The summed E-state index contributed by atoms with van der Waals surface area (Å²) in [5.74, 6) is -3.56. The highest BCUT2D eigenvalue weighted by atomic mass is 19.3. The highest BCUT2D eigenvalue weighted by Gasteiger charge is 2.26. The number of rotatable bonds is 7. The van der Waals surface area contributed by atoms with Crippen molar-refractivity contribution >= 4 is 5.91 Å². The van der Waals surface area contributed by atoms with Crippen molar-refractivity contribution in [2.45, 2.75) is 12.5 Å². The summed E-state index contributed by atoms with van der Waals surface area (Å²) in [4.78, 5) is 11.3. The first kappa shape index (κ1) is 14.5. The zero-order valence-corrected chi connectivity index (χ0v) is 9.83. The van der Waals surface area contributed by atoms with Crippen molar-refractivity contribution in [2.24, 2.45) is 0 Å². The number of nitrogens with one attached hydrogen (secondary N) is 2. The number of carbonyl (C=O) groups is 1. The van der Waals surface area contributed by atoms with Crippen LogP contribution >= 0.6 is 0 Å². The number of hydrogen-bond acceptors (Lipinski definition) is 3. The third-order valence-electron chi connectivity index (χ3n) is 2.23. The molecule has 0 saturated heterocycles. The van der Waals surface area contributed by atoms with Crippen LogP contribution in [0.4, 0.5) is 8.78 Å². The summed E-state index contributed by atoms with van der Waals surface area (Å²) in [5.41, 5.74) is 0.937. The van der Waals surface area contributed by atoms with E-state index in [0.717, 1.165) is 5.56 Å². The fourth-order valence-corrected chi connectivity index (χ4v) is 1.27. The minimum Gasteiger partial charge on any atom is -0.390 e. The van der Waals surface area contributed by atoms with Crippen molar-refractivity contribution in [3.8, 4) is 0 Å². The summed E-state index contributed by atoms with van der Waals surface area (Å²) < 4.78 is 25.2. The van der Waals surface area contributed by atoms with Gasteiger partial charge in [-0.3, -0.25) is 4.79 Å². The van der Waals surface area contributed by atoms with E-state index in [2.05, 4.69) is 10.6 Å². The van der Waals surface area contributed by atoms with Crippen LogP contribution in [0, 0.1) is 0 Å². The van der Waals surface area contributed by atoms with E-state index in [-0.39, 0.29) is 12.5 Å². The molecule has 100 valence electrons. The smallest absolute Gasteiger partial charge is 0.282 e. The lowest BCUT2D eigenvalue weighted by molar-refractivity contribution is -0.120. The fourth-order valence-electron chi connectivity index (χ4n) is 1.27. The number of hydrogen-bond donors (Lipinski definition) is 3. The molecule has 0 aromatic heterocycles. The second kappa shape index (κ2) is 7.03. The molecule has 0 unspecified atom stereocenters. The van der Waals surface area contributed by atoms with Crippen molar-refractivity contribution in [3.63, 3.8) is 0 Å². The highest BCUT2D eigenvalue weighted by molar-refractivity contribution is 5.77. The van der Waals surface area contributed by atoms with Crippen LogP contribution in [-0.2, 0) is 11.3 Å². The van der Waals surface area contributed by atoms with Crippen LogP contribution in [0.5, 0.6) is 0 Å². The van der Waals surface area contributed by atoms with E-state index in [9.17, 15) is 13.6 Å². The lowest BCUT2D eigenvalue weighted by atomic mass is 10.2. The maximum Gasteiger partial charge on any atom is 0.282 e. The summed E-state index contributed by atoms with van der Waals surface area (Å²) >= 11 is 0. The Labute approximate surface area is 104 Å². The van der Waals surface area contributed by atoms with E-state index in [4.69, 9.17) is 5.11 Å². The van der Waals surface area contributed by atoms with Crippen LogP contribution in [0.2, 0.25) is 0 Å². The summed E-state index contributed by atoms with van der Waals surface area (Å²) in [6.45, 7) is -1.80. The lowest BCUT2D eigenvalue weighted by Crippen LogP contribution is -2.41. The zero-order chi connectivity index (χ0) is 13.4. The van der Waals surface area contributed by atoms with Gasteiger partial charge >= 0.3 is 0 Å². The number of halogens is 2. The van der Waals surface area contributed by atoms with Crippen molar-refractivity contribution in [3.05, 3.63) is 35.9 Å². The van der Waals surface area contributed by atoms with Gasteiger partial charge in [-0.05, 0) is 5.56 Å². The van der Waals surface area contributed by atoms with Gasteiger partial charge < -0.3 is 15.7 Å². The minimum atomic E-state index is -3.19. The Morgan fingerprint density at radius 2 is 1.94 bits per heavy atom. The van der Waals surface area contributed by atoms with Gasteiger partial charge in [-0.15, -0.1) is 0 Å². The Morgan fingerprint density at radius 3 is 2.56 bits per heavy atom. The molecular weight excluding hydrogens is 242 g/mol. The number of benzene rings is 1. The molecule has 0 saturated carbocycles. The monoisotopic (exact) mass is 258 g/mol. The van der Waals surface area contributed by atoms with Gasteiger partial charge in [0, 0.05) is 6.54 Å². The fraction of sp³-hybridized carbons (Fsp3) is 0.417. The average Bonchev–Trinajstić information content (AvgIpc) is 2.37. The van der Waals surface area contributed by atoms with Gasteiger partial charge in [0.15, 0.2) is 0 Å². The Bertz CT molecular complexity index is 372. The quantitative estimate of drug-likeness (QED) is 0.668. The van der Waals surface area contributed by atoms with Crippen LogP contribution in [0.1, 0.15) is 5.56 Å². The van der Waals surface area contributed by atoms with E-state index in [0.29, 0.717) is 6.54 Å². The van der Waals surface area contributed by atoms with Gasteiger partial charge in [-0.1, -0.05) is 30.3 Å². The maximum absolute atomic E-state index is 12.6. The Balaban J connectivity index is 2.19. The second-order valence-electron chi connectivity index (χ2n) is 3.88. The number of alkyl halides is 2. The summed E-state index contributed by atoms with van der Waals surface area (Å²) in [6, 6.07) is 9.27. The van der Waals surface area contributed by atoms with E-state index >= 15 is 0 Å². The molecule has 1 amide bonds. The molecule has 0 radical (unpaired) electrons. The number of carbonyl (C=O) groups excluding carboxylic acids is 1. The predicted octanol–water partition coefficient (Wildman–Crippen LogP) is 0.520. The zero-order valence-electron chi connectivity index (χ0n) is 9.83. The topological polar surface area (TPSA) is 61.4 Å². The molecule has 0 bridgehead atoms. The molecule has 0 atom stereocenters. The molecule has 1 rings (SSSR count). The van der Waals surface area contributed by atoms with Crippen LogP contribution in [0.15, 0.2) is 30.3 Å². The van der Waals surface area contributed by atoms with Crippen molar-refractivity contribution in [2.75, 3.05) is 19.7 Å². The largest absolute Gasteiger partial charge is 0.390 e. The summed E-state index contributed by atoms with van der Waals surface area (Å²) in [7, 11) is 0. The van der Waals surface area contributed by atoms with Gasteiger partial charge in [-0.2, -0.15) is 0 Å². The third-order valence-corrected chi connectivity index (χ3v) is 2.23. The summed E-state index contributed by atoms with van der Waals surface area (Å²) in [5, 5.41) is 13.2. The van der Waals surface area contributed by atoms with E-state index in [1.54, 1.807) is 0 Å². The van der Waals surface area contributed by atoms with Crippen LogP contribution in [-0.4, -0.2) is 36.6 Å². The van der Waals surface area contributed by atoms with Crippen LogP contribution in [0.25, 0.3) is 0 Å².